The highest BCUT2D eigenvalue weighted by Gasteiger charge is 2.56. The number of benzene rings is 9. The second-order valence-electron chi connectivity index (χ2n) is 18.1. The number of nitrogens with zero attached hydrogens (tertiary/aromatic N) is 2. The minimum atomic E-state index is 0.165. The third-order valence-corrected chi connectivity index (χ3v) is 14.9. The Balaban J connectivity index is 0.911. The minimum absolute atomic E-state index is 0.165. The molecule has 0 amide bonds. The average molecular weight is 807 g/mol. The molecule has 3 atom stereocenters. The summed E-state index contributed by atoms with van der Waals surface area (Å²) in [5.74, 6) is 1.60. The van der Waals surface area contributed by atoms with Crippen LogP contribution in [0.5, 0.6) is 0 Å². The van der Waals surface area contributed by atoms with Crippen LogP contribution in [0, 0.1) is 11.8 Å². The van der Waals surface area contributed by atoms with E-state index in [2.05, 4.69) is 228 Å². The molecule has 3 aliphatic carbocycles. The third-order valence-electron chi connectivity index (χ3n) is 14.9. The van der Waals surface area contributed by atoms with Crippen molar-refractivity contribution in [3.8, 4) is 50.2 Å². The van der Waals surface area contributed by atoms with Crippen molar-refractivity contribution in [1.29, 1.82) is 0 Å². The van der Waals surface area contributed by atoms with E-state index < -0.39 is 0 Å². The highest BCUT2D eigenvalue weighted by Crippen LogP contribution is 2.65. The van der Waals surface area contributed by atoms with Crippen LogP contribution in [0.1, 0.15) is 36.8 Å². The van der Waals surface area contributed by atoms with Crippen LogP contribution in [0.3, 0.4) is 0 Å². The Labute approximate surface area is 369 Å². The molecule has 2 nitrogen and oxygen atoms in total. The third kappa shape index (κ3) is 5.71. The fourth-order valence-corrected chi connectivity index (χ4v) is 12.1. The van der Waals surface area contributed by atoms with Crippen LogP contribution in [-0.4, -0.2) is 4.57 Å². The molecule has 9 aromatic carbocycles. The van der Waals surface area contributed by atoms with Crippen LogP contribution < -0.4 is 4.90 Å². The molecule has 0 radical (unpaired) electrons. The van der Waals surface area contributed by atoms with Gasteiger partial charge in [-0.3, -0.25) is 0 Å². The van der Waals surface area contributed by atoms with Crippen molar-refractivity contribution >= 4 is 38.9 Å². The lowest BCUT2D eigenvalue weighted by Gasteiger charge is -2.36. The largest absolute Gasteiger partial charge is 0.310 e. The van der Waals surface area contributed by atoms with Crippen molar-refractivity contribution in [2.45, 2.75) is 31.1 Å². The fraction of sp³-hybridized carbons (Fsp3) is 0.115. The van der Waals surface area contributed by atoms with E-state index in [0.29, 0.717) is 0 Å². The predicted molar refractivity (Wildman–Crippen MR) is 263 cm³/mol. The van der Waals surface area contributed by atoms with Gasteiger partial charge in [-0.1, -0.05) is 164 Å². The molecular weight excluding hydrogens is 761 g/mol. The molecule has 0 saturated heterocycles. The first-order chi connectivity index (χ1) is 31.2. The number of hydrogen-bond acceptors (Lipinski definition) is 1. The van der Waals surface area contributed by atoms with Gasteiger partial charge in [-0.2, -0.15) is 0 Å². The topological polar surface area (TPSA) is 8.17 Å². The van der Waals surface area contributed by atoms with Crippen molar-refractivity contribution in [2.24, 2.45) is 11.8 Å². The summed E-state index contributed by atoms with van der Waals surface area (Å²) in [7, 11) is 0. The molecule has 300 valence electrons. The summed E-state index contributed by atoms with van der Waals surface area (Å²) in [6.45, 7) is 0. The van der Waals surface area contributed by atoms with Crippen LogP contribution >= 0.6 is 0 Å². The van der Waals surface area contributed by atoms with Crippen molar-refractivity contribution < 1.29 is 0 Å². The fourth-order valence-electron chi connectivity index (χ4n) is 12.1. The normalized spacial score (nSPS) is 18.3. The molecule has 63 heavy (non-hydrogen) atoms. The maximum atomic E-state index is 2.56. The van der Waals surface area contributed by atoms with Crippen LogP contribution in [0.15, 0.2) is 218 Å². The average Bonchev–Trinajstić information content (AvgIpc) is 4.13. The molecule has 3 aliphatic rings. The van der Waals surface area contributed by atoms with E-state index in [4.69, 9.17) is 0 Å². The highest BCUT2D eigenvalue weighted by molar-refractivity contribution is 6.10. The van der Waals surface area contributed by atoms with Gasteiger partial charge < -0.3 is 9.47 Å². The smallest absolute Gasteiger partial charge is 0.0561 e. The Bertz CT molecular complexity index is 3330. The number of aromatic nitrogens is 1. The Hall–Kier alpha value is -7.42. The number of hydrogen-bond donors (Lipinski definition) is 0. The first kappa shape index (κ1) is 36.3. The van der Waals surface area contributed by atoms with Gasteiger partial charge in [0.15, 0.2) is 0 Å². The van der Waals surface area contributed by atoms with Gasteiger partial charge in [0.1, 0.15) is 0 Å². The molecule has 2 saturated carbocycles. The van der Waals surface area contributed by atoms with E-state index in [1.54, 1.807) is 11.1 Å². The first-order valence-corrected chi connectivity index (χ1v) is 22.7. The number of rotatable bonds is 7. The highest BCUT2D eigenvalue weighted by atomic mass is 15.1. The van der Waals surface area contributed by atoms with Gasteiger partial charge in [0, 0.05) is 38.9 Å². The molecule has 2 fully saturated rings. The van der Waals surface area contributed by atoms with Crippen molar-refractivity contribution in [3.05, 3.63) is 230 Å². The van der Waals surface area contributed by atoms with Crippen molar-refractivity contribution in [3.63, 3.8) is 0 Å². The van der Waals surface area contributed by atoms with E-state index in [-0.39, 0.29) is 5.41 Å². The molecule has 0 aliphatic heterocycles. The van der Waals surface area contributed by atoms with Crippen LogP contribution in [-0.2, 0) is 5.41 Å². The lowest BCUT2D eigenvalue weighted by molar-refractivity contribution is 0.327. The summed E-state index contributed by atoms with van der Waals surface area (Å²) in [4.78, 5) is 2.42. The van der Waals surface area contributed by atoms with Gasteiger partial charge in [-0.25, -0.2) is 0 Å². The quantitative estimate of drug-likeness (QED) is 0.156. The minimum Gasteiger partial charge on any atom is -0.310 e. The van der Waals surface area contributed by atoms with Crippen LogP contribution in [0.4, 0.5) is 17.1 Å². The van der Waals surface area contributed by atoms with Crippen LogP contribution in [0.25, 0.3) is 72.0 Å². The molecule has 10 aromatic rings. The molecule has 1 heterocycles. The zero-order chi connectivity index (χ0) is 41.5. The van der Waals surface area contributed by atoms with Crippen molar-refractivity contribution in [1.82, 2.24) is 4.57 Å². The summed E-state index contributed by atoms with van der Waals surface area (Å²) in [6, 6.07) is 81.0. The predicted octanol–water partition coefficient (Wildman–Crippen LogP) is 16.3. The zero-order valence-electron chi connectivity index (χ0n) is 35.2. The number of anilines is 3. The van der Waals surface area contributed by atoms with Gasteiger partial charge in [0.25, 0.3) is 0 Å². The van der Waals surface area contributed by atoms with E-state index in [1.165, 1.54) is 92.0 Å². The number of para-hydroxylation sites is 2. The zero-order valence-corrected chi connectivity index (χ0v) is 35.2. The van der Waals surface area contributed by atoms with Gasteiger partial charge in [0.2, 0.25) is 0 Å². The maximum Gasteiger partial charge on any atom is 0.0561 e. The second kappa shape index (κ2) is 14.3. The standard InChI is InChI=1S/C61H46N2/c1-3-11-42(12-4-1)43-20-22-44(23-21-43)45-24-30-50(31-25-45)62(52-34-36-56-55-16-8-10-18-59(55)63(60(56)39-52)49-13-5-2-6-14-49)51-32-26-46(27-33-51)47-28-35-54-53-15-7-9-17-57(53)61(58(54)38-47)40-41-19-29-48(61)37-41/h1-18,20-28,30-36,38-39,41,48H,19,29,37,40H2. The molecular formula is C61H46N2. The van der Waals surface area contributed by atoms with Gasteiger partial charge in [0.05, 0.1) is 11.0 Å². The SMILES string of the molecule is c1ccc(-c2ccc(-c3ccc(N(c4ccc(-c5ccc6c(c5)C5(CC7CCC5C7)c5ccccc5-6)cc4)c4ccc5c6ccccc6n(-c6ccccc6)c5c4)cc3)cc2)cc1. The Morgan fingerprint density at radius 2 is 0.937 bits per heavy atom. The molecule has 1 aromatic heterocycles. The summed E-state index contributed by atoms with van der Waals surface area (Å²) >= 11 is 0. The Kier molecular flexibility index (Phi) is 8.24. The van der Waals surface area contributed by atoms with E-state index in [0.717, 1.165) is 34.6 Å². The molecule has 2 bridgehead atoms. The second-order valence-corrected chi connectivity index (χ2v) is 18.1. The van der Waals surface area contributed by atoms with Crippen molar-refractivity contribution in [2.75, 3.05) is 4.90 Å². The summed E-state index contributed by atoms with van der Waals surface area (Å²) < 4.78 is 2.41. The molecule has 3 unspecified atom stereocenters. The molecule has 13 rings (SSSR count). The summed E-state index contributed by atoms with van der Waals surface area (Å²) in [5, 5.41) is 2.50. The monoisotopic (exact) mass is 806 g/mol. The Morgan fingerprint density at radius 3 is 1.62 bits per heavy atom. The molecule has 1 spiro atoms. The lowest BCUT2D eigenvalue weighted by Crippen LogP contribution is -2.31. The lowest BCUT2D eigenvalue weighted by atomic mass is 9.66. The van der Waals surface area contributed by atoms with E-state index >= 15 is 0 Å². The Morgan fingerprint density at radius 1 is 0.397 bits per heavy atom. The van der Waals surface area contributed by atoms with E-state index in [9.17, 15) is 0 Å². The summed E-state index contributed by atoms with van der Waals surface area (Å²) in [5.41, 5.74) is 20.5. The van der Waals surface area contributed by atoms with Gasteiger partial charge >= 0.3 is 0 Å². The number of fused-ring (bicyclic) bond motifs is 11. The maximum absolute atomic E-state index is 2.56. The van der Waals surface area contributed by atoms with E-state index in [1.807, 2.05) is 0 Å². The molecule has 0 N–H and O–H groups in total. The van der Waals surface area contributed by atoms with Gasteiger partial charge in [-0.05, 0) is 147 Å². The molecule has 2 heteroatoms. The van der Waals surface area contributed by atoms with Crippen LogP contribution in [0.2, 0.25) is 0 Å². The summed E-state index contributed by atoms with van der Waals surface area (Å²) in [6.07, 6.45) is 5.42. The van der Waals surface area contributed by atoms with Gasteiger partial charge in [-0.15, -0.1) is 0 Å². The first-order valence-electron chi connectivity index (χ1n) is 22.7.